The molecule has 0 saturated heterocycles. The number of hydrogen-bond acceptors (Lipinski definition) is 8. The second kappa shape index (κ2) is 6.71. The van der Waals surface area contributed by atoms with Gasteiger partial charge in [0.1, 0.15) is 23.6 Å². The quantitative estimate of drug-likeness (QED) is 0.718. The summed E-state index contributed by atoms with van der Waals surface area (Å²) in [4.78, 5) is 20.4. The summed E-state index contributed by atoms with van der Waals surface area (Å²) in [6.07, 6.45) is 1.31. The standard InChI is InChI=1S/C17H15N5O4/c1-10-4-16(22-26-10)21-15-6-12(19-8-20-15)17(23)18-7-11-2-3-13-14(5-11)25-9-24-13/h2-6,8H,7,9H2,1H3,(H,18,23)(H,19,20,21,22). The highest BCUT2D eigenvalue weighted by Gasteiger charge is 2.14. The molecular weight excluding hydrogens is 338 g/mol. The number of fused-ring (bicyclic) bond motifs is 1. The van der Waals surface area contributed by atoms with Crippen molar-refractivity contribution in [3.05, 3.63) is 53.7 Å². The number of carbonyl (C=O) groups excluding carboxylic acids is 1. The van der Waals surface area contributed by atoms with Crippen LogP contribution in [0.5, 0.6) is 11.5 Å². The Hall–Kier alpha value is -3.62. The molecule has 1 aliphatic heterocycles. The van der Waals surface area contributed by atoms with Crippen LogP contribution in [0.4, 0.5) is 11.6 Å². The van der Waals surface area contributed by atoms with Crippen molar-refractivity contribution in [2.24, 2.45) is 0 Å². The van der Waals surface area contributed by atoms with Gasteiger partial charge in [-0.3, -0.25) is 4.79 Å². The van der Waals surface area contributed by atoms with E-state index in [2.05, 4.69) is 25.8 Å². The summed E-state index contributed by atoms with van der Waals surface area (Å²) in [5.74, 6) is 2.69. The van der Waals surface area contributed by atoms with E-state index in [0.717, 1.165) is 5.56 Å². The molecule has 0 aliphatic carbocycles. The SMILES string of the molecule is Cc1cc(Nc2cc(C(=O)NCc3ccc4c(c3)OCO4)ncn2)no1. The normalized spacial score (nSPS) is 12.0. The topological polar surface area (TPSA) is 111 Å². The van der Waals surface area contributed by atoms with Crippen LogP contribution < -0.4 is 20.1 Å². The van der Waals surface area contributed by atoms with Crippen molar-refractivity contribution in [2.75, 3.05) is 12.1 Å². The van der Waals surface area contributed by atoms with Gasteiger partial charge in [0.15, 0.2) is 17.3 Å². The molecule has 3 aromatic rings. The van der Waals surface area contributed by atoms with E-state index < -0.39 is 0 Å². The fourth-order valence-corrected chi connectivity index (χ4v) is 2.43. The highest BCUT2D eigenvalue weighted by Crippen LogP contribution is 2.32. The average molecular weight is 353 g/mol. The number of anilines is 2. The van der Waals surface area contributed by atoms with Crippen LogP contribution in [0.2, 0.25) is 0 Å². The molecule has 9 heteroatoms. The van der Waals surface area contributed by atoms with Gasteiger partial charge in [0, 0.05) is 18.7 Å². The molecule has 1 amide bonds. The van der Waals surface area contributed by atoms with E-state index >= 15 is 0 Å². The molecule has 0 bridgehead atoms. The molecule has 4 rings (SSSR count). The molecule has 2 N–H and O–H groups in total. The largest absolute Gasteiger partial charge is 0.454 e. The number of rotatable bonds is 5. The van der Waals surface area contributed by atoms with E-state index in [1.807, 2.05) is 18.2 Å². The number of nitrogens with zero attached hydrogens (tertiary/aromatic N) is 3. The Labute approximate surface area is 148 Å². The van der Waals surface area contributed by atoms with Gasteiger partial charge >= 0.3 is 0 Å². The van der Waals surface area contributed by atoms with Crippen molar-refractivity contribution in [3.8, 4) is 11.5 Å². The van der Waals surface area contributed by atoms with Gasteiger partial charge in [0.05, 0.1) is 0 Å². The minimum atomic E-state index is -0.315. The van der Waals surface area contributed by atoms with Crippen molar-refractivity contribution in [3.63, 3.8) is 0 Å². The molecule has 0 spiro atoms. The summed E-state index contributed by atoms with van der Waals surface area (Å²) in [7, 11) is 0. The van der Waals surface area contributed by atoms with Gasteiger partial charge < -0.3 is 24.6 Å². The lowest BCUT2D eigenvalue weighted by atomic mass is 10.2. The predicted octanol–water partition coefficient (Wildman–Crippen LogP) is 2.18. The molecule has 0 atom stereocenters. The van der Waals surface area contributed by atoms with E-state index in [1.54, 1.807) is 19.1 Å². The van der Waals surface area contributed by atoms with Gasteiger partial charge in [0.2, 0.25) is 6.79 Å². The maximum Gasteiger partial charge on any atom is 0.270 e. The minimum Gasteiger partial charge on any atom is -0.454 e. The number of aryl methyl sites for hydroxylation is 1. The van der Waals surface area contributed by atoms with Crippen molar-refractivity contribution in [2.45, 2.75) is 13.5 Å². The van der Waals surface area contributed by atoms with E-state index in [9.17, 15) is 4.79 Å². The van der Waals surface area contributed by atoms with E-state index in [-0.39, 0.29) is 18.4 Å². The number of aromatic nitrogens is 3. The molecule has 0 unspecified atom stereocenters. The number of carbonyl (C=O) groups is 1. The molecule has 0 fully saturated rings. The smallest absolute Gasteiger partial charge is 0.270 e. The van der Waals surface area contributed by atoms with Gasteiger partial charge in [-0.05, 0) is 24.6 Å². The van der Waals surface area contributed by atoms with E-state index in [0.29, 0.717) is 35.4 Å². The Kier molecular flexibility index (Phi) is 4.10. The third-order valence-corrected chi connectivity index (χ3v) is 3.67. The molecule has 0 saturated carbocycles. The third kappa shape index (κ3) is 3.41. The van der Waals surface area contributed by atoms with Crippen molar-refractivity contribution < 1.29 is 18.8 Å². The van der Waals surface area contributed by atoms with Crippen LogP contribution in [0, 0.1) is 6.92 Å². The lowest BCUT2D eigenvalue weighted by Crippen LogP contribution is -2.24. The summed E-state index contributed by atoms with van der Waals surface area (Å²) in [6.45, 7) is 2.34. The van der Waals surface area contributed by atoms with Gasteiger partial charge in [-0.1, -0.05) is 11.2 Å². The number of ether oxygens (including phenoxy) is 2. The fraction of sp³-hybridized carbons (Fsp3) is 0.176. The van der Waals surface area contributed by atoms with Crippen molar-refractivity contribution in [1.29, 1.82) is 0 Å². The zero-order valence-corrected chi connectivity index (χ0v) is 13.9. The van der Waals surface area contributed by atoms with Crippen LogP contribution in [-0.2, 0) is 6.54 Å². The van der Waals surface area contributed by atoms with Crippen LogP contribution >= 0.6 is 0 Å². The summed E-state index contributed by atoms with van der Waals surface area (Å²) in [6, 6.07) is 8.78. The summed E-state index contributed by atoms with van der Waals surface area (Å²) >= 11 is 0. The van der Waals surface area contributed by atoms with Crippen LogP contribution in [0.3, 0.4) is 0 Å². The Morgan fingerprint density at radius 2 is 2.00 bits per heavy atom. The first kappa shape index (κ1) is 15.9. The Morgan fingerprint density at radius 3 is 2.85 bits per heavy atom. The second-order valence-corrected chi connectivity index (χ2v) is 5.61. The Bertz CT molecular complexity index is 956. The van der Waals surface area contributed by atoms with Gasteiger partial charge in [-0.2, -0.15) is 0 Å². The monoisotopic (exact) mass is 353 g/mol. The number of hydrogen-bond donors (Lipinski definition) is 2. The highest BCUT2D eigenvalue weighted by atomic mass is 16.7. The van der Waals surface area contributed by atoms with Gasteiger partial charge in [-0.25, -0.2) is 9.97 Å². The average Bonchev–Trinajstić information content (AvgIpc) is 3.28. The lowest BCUT2D eigenvalue weighted by molar-refractivity contribution is 0.0945. The predicted molar refractivity (Wildman–Crippen MR) is 90.3 cm³/mol. The zero-order chi connectivity index (χ0) is 17.9. The van der Waals surface area contributed by atoms with Gasteiger partial charge in [-0.15, -0.1) is 0 Å². The Morgan fingerprint density at radius 1 is 1.12 bits per heavy atom. The second-order valence-electron chi connectivity index (χ2n) is 5.61. The fourth-order valence-electron chi connectivity index (χ4n) is 2.43. The molecule has 1 aromatic carbocycles. The summed E-state index contributed by atoms with van der Waals surface area (Å²) in [5, 5.41) is 9.59. The van der Waals surface area contributed by atoms with Crippen LogP contribution in [0.1, 0.15) is 21.8 Å². The molecule has 132 valence electrons. The lowest BCUT2D eigenvalue weighted by Gasteiger charge is -2.07. The van der Waals surface area contributed by atoms with Crippen LogP contribution in [0.15, 0.2) is 41.2 Å². The molecule has 1 aliphatic rings. The van der Waals surface area contributed by atoms with Crippen molar-refractivity contribution in [1.82, 2.24) is 20.4 Å². The first-order chi connectivity index (χ1) is 12.7. The molecular formula is C17H15N5O4. The number of amides is 1. The molecule has 26 heavy (non-hydrogen) atoms. The Balaban J connectivity index is 1.40. The molecule has 9 nitrogen and oxygen atoms in total. The zero-order valence-electron chi connectivity index (χ0n) is 13.9. The highest BCUT2D eigenvalue weighted by molar-refractivity contribution is 5.92. The van der Waals surface area contributed by atoms with Crippen LogP contribution in [0.25, 0.3) is 0 Å². The van der Waals surface area contributed by atoms with Crippen molar-refractivity contribution >= 4 is 17.5 Å². The molecule has 3 heterocycles. The number of nitrogens with one attached hydrogen (secondary N) is 2. The summed E-state index contributed by atoms with van der Waals surface area (Å²) in [5.41, 5.74) is 1.14. The first-order valence-electron chi connectivity index (χ1n) is 7.86. The number of benzene rings is 1. The maximum absolute atomic E-state index is 12.3. The third-order valence-electron chi connectivity index (χ3n) is 3.67. The van der Waals surface area contributed by atoms with Crippen LogP contribution in [-0.4, -0.2) is 27.8 Å². The van der Waals surface area contributed by atoms with E-state index in [1.165, 1.54) is 6.33 Å². The maximum atomic E-state index is 12.3. The molecule has 0 radical (unpaired) electrons. The van der Waals surface area contributed by atoms with Gasteiger partial charge in [0.25, 0.3) is 5.91 Å². The van der Waals surface area contributed by atoms with E-state index in [4.69, 9.17) is 14.0 Å². The minimum absolute atomic E-state index is 0.215. The summed E-state index contributed by atoms with van der Waals surface area (Å²) < 4.78 is 15.6. The molecule has 2 aromatic heterocycles. The first-order valence-corrected chi connectivity index (χ1v) is 7.86.